The number of aliphatic hydroxyl groups is 1. The number of amides is 1. The van der Waals surface area contributed by atoms with Gasteiger partial charge in [0.2, 0.25) is 0 Å². The lowest BCUT2D eigenvalue weighted by molar-refractivity contribution is 0.0447. The number of fused-ring (bicyclic) bond motifs is 1. The number of benzene rings is 1. The summed E-state index contributed by atoms with van der Waals surface area (Å²) in [6.07, 6.45) is 4.86. The zero-order valence-electron chi connectivity index (χ0n) is 12.5. The van der Waals surface area contributed by atoms with Crippen molar-refractivity contribution in [1.29, 1.82) is 0 Å². The second-order valence-corrected chi connectivity index (χ2v) is 5.90. The summed E-state index contributed by atoms with van der Waals surface area (Å²) in [4.78, 5) is 16.8. The van der Waals surface area contributed by atoms with Gasteiger partial charge >= 0.3 is 0 Å². The topological polar surface area (TPSA) is 66.6 Å². The van der Waals surface area contributed by atoms with Gasteiger partial charge in [-0.2, -0.15) is 0 Å². The fourth-order valence-electron chi connectivity index (χ4n) is 2.78. The maximum atomic E-state index is 12.3. The van der Waals surface area contributed by atoms with Crippen LogP contribution in [0.25, 0.3) is 16.9 Å². The van der Waals surface area contributed by atoms with Crippen LogP contribution in [0.2, 0.25) is 0 Å². The molecule has 2 heterocycles. The molecule has 2 aromatic heterocycles. The average Bonchev–Trinajstić information content (AvgIpc) is 3.02. The Bertz CT molecular complexity index is 857. The van der Waals surface area contributed by atoms with Gasteiger partial charge in [0.1, 0.15) is 5.65 Å². The van der Waals surface area contributed by atoms with Gasteiger partial charge < -0.3 is 14.8 Å². The van der Waals surface area contributed by atoms with Gasteiger partial charge in [-0.3, -0.25) is 4.79 Å². The fourth-order valence-corrected chi connectivity index (χ4v) is 2.78. The van der Waals surface area contributed by atoms with Gasteiger partial charge in [-0.1, -0.05) is 30.3 Å². The predicted octanol–water partition coefficient (Wildman–Crippen LogP) is 2.25. The quantitative estimate of drug-likeness (QED) is 0.780. The molecule has 5 heteroatoms. The molecule has 2 atom stereocenters. The minimum absolute atomic E-state index is 0.124. The number of hydrogen-bond acceptors (Lipinski definition) is 3. The van der Waals surface area contributed by atoms with E-state index in [2.05, 4.69) is 10.3 Å². The lowest BCUT2D eigenvalue weighted by Crippen LogP contribution is -2.50. The highest BCUT2D eigenvalue weighted by Crippen LogP contribution is 2.21. The van der Waals surface area contributed by atoms with E-state index in [-0.39, 0.29) is 11.9 Å². The first-order valence-electron chi connectivity index (χ1n) is 7.74. The van der Waals surface area contributed by atoms with E-state index in [9.17, 15) is 9.90 Å². The zero-order valence-corrected chi connectivity index (χ0v) is 12.5. The van der Waals surface area contributed by atoms with E-state index in [1.807, 2.05) is 47.0 Å². The van der Waals surface area contributed by atoms with Crippen molar-refractivity contribution in [2.24, 2.45) is 0 Å². The largest absolute Gasteiger partial charge is 0.391 e. The standard InChI is InChI=1S/C18H17N3O2/c22-16-8-7-14(16)20-18(23)13-6-9-17-19-15(11-21(17)10-13)12-4-2-1-3-5-12/h1-6,9-11,14,16,22H,7-8H2,(H,20,23). The average molecular weight is 307 g/mol. The maximum Gasteiger partial charge on any atom is 0.253 e. The van der Waals surface area contributed by atoms with E-state index in [1.165, 1.54) is 0 Å². The minimum Gasteiger partial charge on any atom is -0.391 e. The third-order valence-electron chi connectivity index (χ3n) is 4.34. The monoisotopic (exact) mass is 307 g/mol. The molecule has 0 radical (unpaired) electrons. The first kappa shape index (κ1) is 14.0. The van der Waals surface area contributed by atoms with Gasteiger partial charge in [0, 0.05) is 18.0 Å². The van der Waals surface area contributed by atoms with Gasteiger partial charge in [0.15, 0.2) is 0 Å². The number of rotatable bonds is 3. The molecule has 1 saturated carbocycles. The fraction of sp³-hybridized carbons (Fsp3) is 0.222. The number of nitrogens with zero attached hydrogens (tertiary/aromatic N) is 2. The van der Waals surface area contributed by atoms with Crippen molar-refractivity contribution in [2.45, 2.75) is 25.0 Å². The van der Waals surface area contributed by atoms with Crippen LogP contribution in [-0.2, 0) is 0 Å². The summed E-state index contributed by atoms with van der Waals surface area (Å²) in [5.41, 5.74) is 3.27. The summed E-state index contributed by atoms with van der Waals surface area (Å²) >= 11 is 0. The van der Waals surface area contributed by atoms with E-state index in [0.29, 0.717) is 5.56 Å². The molecular weight excluding hydrogens is 290 g/mol. The van der Waals surface area contributed by atoms with Gasteiger partial charge in [-0.15, -0.1) is 0 Å². The Morgan fingerprint density at radius 3 is 2.65 bits per heavy atom. The molecule has 23 heavy (non-hydrogen) atoms. The minimum atomic E-state index is -0.416. The Hall–Kier alpha value is -2.66. The van der Waals surface area contributed by atoms with Crippen molar-refractivity contribution >= 4 is 11.6 Å². The van der Waals surface area contributed by atoms with Gasteiger partial charge in [0.25, 0.3) is 5.91 Å². The maximum absolute atomic E-state index is 12.3. The van der Waals surface area contributed by atoms with E-state index >= 15 is 0 Å². The normalized spacial score (nSPS) is 20.2. The Labute approximate surface area is 133 Å². The molecule has 2 unspecified atom stereocenters. The Kier molecular flexibility index (Phi) is 3.35. The first-order chi connectivity index (χ1) is 11.2. The van der Waals surface area contributed by atoms with Crippen molar-refractivity contribution in [1.82, 2.24) is 14.7 Å². The van der Waals surface area contributed by atoms with Crippen molar-refractivity contribution in [3.05, 3.63) is 60.4 Å². The highest BCUT2D eigenvalue weighted by molar-refractivity contribution is 5.94. The van der Waals surface area contributed by atoms with Crippen molar-refractivity contribution in [3.8, 4) is 11.3 Å². The molecule has 2 N–H and O–H groups in total. The van der Waals surface area contributed by atoms with Crippen LogP contribution in [0.3, 0.4) is 0 Å². The molecule has 0 aliphatic heterocycles. The van der Waals surface area contributed by atoms with Gasteiger partial charge in [-0.05, 0) is 25.0 Å². The van der Waals surface area contributed by atoms with Crippen LogP contribution in [0.15, 0.2) is 54.9 Å². The Morgan fingerprint density at radius 1 is 1.13 bits per heavy atom. The van der Waals surface area contributed by atoms with Crippen LogP contribution >= 0.6 is 0 Å². The number of hydrogen-bond donors (Lipinski definition) is 2. The molecule has 0 saturated heterocycles. The molecule has 1 aliphatic rings. The van der Waals surface area contributed by atoms with Crippen molar-refractivity contribution in [3.63, 3.8) is 0 Å². The number of carbonyl (C=O) groups is 1. The zero-order chi connectivity index (χ0) is 15.8. The Balaban J connectivity index is 1.61. The van der Waals surface area contributed by atoms with E-state index < -0.39 is 6.10 Å². The first-order valence-corrected chi connectivity index (χ1v) is 7.74. The number of imidazole rings is 1. The van der Waals surface area contributed by atoms with Crippen LogP contribution in [0, 0.1) is 0 Å². The number of carbonyl (C=O) groups excluding carboxylic acids is 1. The van der Waals surface area contributed by atoms with Crippen LogP contribution in [-0.4, -0.2) is 32.5 Å². The summed E-state index contributed by atoms with van der Waals surface area (Å²) in [7, 11) is 0. The molecule has 5 nitrogen and oxygen atoms in total. The van der Waals surface area contributed by atoms with Gasteiger partial charge in [-0.25, -0.2) is 4.98 Å². The van der Waals surface area contributed by atoms with E-state index in [4.69, 9.17) is 0 Å². The molecule has 1 amide bonds. The number of nitrogens with one attached hydrogen (secondary N) is 1. The van der Waals surface area contributed by atoms with Crippen LogP contribution in [0.1, 0.15) is 23.2 Å². The number of pyridine rings is 1. The lowest BCUT2D eigenvalue weighted by atomic mass is 9.89. The molecule has 1 fully saturated rings. The van der Waals surface area contributed by atoms with Gasteiger partial charge in [0.05, 0.1) is 23.4 Å². The summed E-state index contributed by atoms with van der Waals surface area (Å²) in [6.45, 7) is 0. The highest BCUT2D eigenvalue weighted by atomic mass is 16.3. The van der Waals surface area contributed by atoms with Crippen LogP contribution in [0.5, 0.6) is 0 Å². The molecule has 0 spiro atoms. The lowest BCUT2D eigenvalue weighted by Gasteiger charge is -2.32. The van der Waals surface area contributed by atoms with Crippen molar-refractivity contribution < 1.29 is 9.90 Å². The third-order valence-corrected chi connectivity index (χ3v) is 4.34. The number of aliphatic hydroxyl groups excluding tert-OH is 1. The van der Waals surface area contributed by atoms with Crippen molar-refractivity contribution in [2.75, 3.05) is 0 Å². The molecule has 0 bridgehead atoms. The second kappa shape index (κ2) is 5.52. The molecule has 4 rings (SSSR count). The summed E-state index contributed by atoms with van der Waals surface area (Å²) < 4.78 is 1.86. The summed E-state index contributed by atoms with van der Waals surface area (Å²) in [6, 6.07) is 13.4. The SMILES string of the molecule is O=C(NC1CCC1O)c1ccc2nc(-c3ccccc3)cn2c1. The smallest absolute Gasteiger partial charge is 0.253 e. The molecule has 1 aromatic carbocycles. The molecule has 1 aliphatic carbocycles. The van der Waals surface area contributed by atoms with Crippen LogP contribution in [0.4, 0.5) is 0 Å². The molecule has 3 aromatic rings. The number of aromatic nitrogens is 2. The highest BCUT2D eigenvalue weighted by Gasteiger charge is 2.30. The third kappa shape index (κ3) is 2.59. The summed E-state index contributed by atoms with van der Waals surface area (Å²) in [5.74, 6) is -0.161. The van der Waals surface area contributed by atoms with Crippen LogP contribution < -0.4 is 5.32 Å². The predicted molar refractivity (Wildman–Crippen MR) is 87.1 cm³/mol. The summed E-state index contributed by atoms with van der Waals surface area (Å²) in [5, 5.41) is 12.4. The Morgan fingerprint density at radius 2 is 1.96 bits per heavy atom. The second-order valence-electron chi connectivity index (χ2n) is 5.90. The molecular formula is C18H17N3O2. The van der Waals surface area contributed by atoms with E-state index in [0.717, 1.165) is 29.7 Å². The molecule has 116 valence electrons. The van der Waals surface area contributed by atoms with E-state index in [1.54, 1.807) is 12.3 Å².